The number of nitrogens with one attached hydrogen (secondary N) is 1. The summed E-state index contributed by atoms with van der Waals surface area (Å²) in [5.74, 6) is -1.12. The first kappa shape index (κ1) is 14.9. The van der Waals surface area contributed by atoms with Crippen molar-refractivity contribution in [1.82, 2.24) is 5.32 Å². The molecule has 0 spiro atoms. The van der Waals surface area contributed by atoms with Crippen LogP contribution in [0.3, 0.4) is 0 Å². The van der Waals surface area contributed by atoms with Crippen molar-refractivity contribution >= 4 is 11.6 Å². The fourth-order valence-corrected chi connectivity index (χ4v) is 2.48. The highest BCUT2D eigenvalue weighted by Gasteiger charge is 2.22. The minimum absolute atomic E-state index is 0.0275. The third kappa shape index (κ3) is 2.84. The van der Waals surface area contributed by atoms with Crippen LogP contribution in [-0.4, -0.2) is 6.54 Å². The van der Waals surface area contributed by atoms with Gasteiger partial charge < -0.3 is 5.32 Å². The average Bonchev–Trinajstić information content (AvgIpc) is 2.41. The van der Waals surface area contributed by atoms with E-state index in [9.17, 15) is 8.78 Å². The molecule has 106 valence electrons. The molecule has 1 nitrogen and oxygen atoms in total. The molecule has 2 rings (SSSR count). The average molecular weight is 296 g/mol. The van der Waals surface area contributed by atoms with Crippen LogP contribution < -0.4 is 5.32 Å². The summed E-state index contributed by atoms with van der Waals surface area (Å²) in [5.41, 5.74) is 1.63. The quantitative estimate of drug-likeness (QED) is 0.867. The lowest BCUT2D eigenvalue weighted by Crippen LogP contribution is -2.25. The lowest BCUT2D eigenvalue weighted by atomic mass is 9.94. The van der Waals surface area contributed by atoms with Gasteiger partial charge in [-0.3, -0.25) is 0 Å². The Morgan fingerprint density at radius 1 is 1.10 bits per heavy atom. The lowest BCUT2D eigenvalue weighted by Gasteiger charge is -2.22. The Labute approximate surface area is 122 Å². The van der Waals surface area contributed by atoms with E-state index < -0.39 is 17.7 Å². The summed E-state index contributed by atoms with van der Waals surface area (Å²) in [6.45, 7) is 4.33. The largest absolute Gasteiger partial charge is 0.306 e. The molecule has 0 aliphatic carbocycles. The number of hydrogen-bond acceptors (Lipinski definition) is 1. The third-order valence-electron chi connectivity index (χ3n) is 3.32. The first-order valence-electron chi connectivity index (χ1n) is 6.48. The molecule has 0 saturated heterocycles. The zero-order chi connectivity index (χ0) is 14.7. The van der Waals surface area contributed by atoms with Crippen molar-refractivity contribution in [3.05, 3.63) is 69.7 Å². The number of hydrogen-bond donors (Lipinski definition) is 1. The first-order chi connectivity index (χ1) is 9.56. The molecule has 0 bridgehead atoms. The van der Waals surface area contributed by atoms with Crippen molar-refractivity contribution in [2.24, 2.45) is 0 Å². The van der Waals surface area contributed by atoms with Gasteiger partial charge in [-0.2, -0.15) is 0 Å². The van der Waals surface area contributed by atoms with Gasteiger partial charge in [0.15, 0.2) is 0 Å². The fourth-order valence-electron chi connectivity index (χ4n) is 2.30. The van der Waals surface area contributed by atoms with Crippen LogP contribution in [0.15, 0.2) is 36.4 Å². The molecule has 0 saturated carbocycles. The van der Waals surface area contributed by atoms with E-state index in [0.717, 1.165) is 11.1 Å². The van der Waals surface area contributed by atoms with E-state index in [-0.39, 0.29) is 5.56 Å². The highest BCUT2D eigenvalue weighted by atomic mass is 35.5. The van der Waals surface area contributed by atoms with Crippen molar-refractivity contribution in [1.29, 1.82) is 0 Å². The highest BCUT2D eigenvalue weighted by molar-refractivity contribution is 6.31. The second-order valence-corrected chi connectivity index (χ2v) is 4.99. The second kappa shape index (κ2) is 6.33. The molecule has 0 heterocycles. The standard InChI is InChI=1S/C16H16ClF2N/c1-3-20-16(11-6-4-7-12(17)10(11)2)15-13(18)8-5-9-14(15)19/h4-9,16,20H,3H2,1-2H3. The molecule has 20 heavy (non-hydrogen) atoms. The number of halogens is 3. The topological polar surface area (TPSA) is 12.0 Å². The Bertz CT molecular complexity index is 593. The first-order valence-corrected chi connectivity index (χ1v) is 6.86. The van der Waals surface area contributed by atoms with Gasteiger partial charge in [0, 0.05) is 10.6 Å². The van der Waals surface area contributed by atoms with Crippen molar-refractivity contribution in [2.75, 3.05) is 6.54 Å². The summed E-state index contributed by atoms with van der Waals surface area (Å²) in [5, 5.41) is 3.71. The Morgan fingerprint density at radius 2 is 1.70 bits per heavy atom. The SMILES string of the molecule is CCNC(c1cccc(Cl)c1C)c1c(F)cccc1F. The van der Waals surface area contributed by atoms with Crippen LogP contribution in [0, 0.1) is 18.6 Å². The van der Waals surface area contributed by atoms with Gasteiger partial charge in [0.2, 0.25) is 0 Å². The second-order valence-electron chi connectivity index (χ2n) is 4.58. The van der Waals surface area contributed by atoms with Gasteiger partial charge in [0.25, 0.3) is 0 Å². The van der Waals surface area contributed by atoms with Crippen LogP contribution in [0.25, 0.3) is 0 Å². The van der Waals surface area contributed by atoms with Crippen LogP contribution in [0.2, 0.25) is 5.02 Å². The molecule has 0 aliphatic rings. The maximum Gasteiger partial charge on any atom is 0.131 e. The van der Waals surface area contributed by atoms with E-state index in [1.165, 1.54) is 18.2 Å². The molecule has 0 radical (unpaired) electrons. The summed E-state index contributed by atoms with van der Waals surface area (Å²) < 4.78 is 28.1. The van der Waals surface area contributed by atoms with Crippen LogP contribution >= 0.6 is 11.6 Å². The molecule has 1 N–H and O–H groups in total. The summed E-state index contributed by atoms with van der Waals surface area (Å²) in [6, 6.07) is 8.72. The minimum Gasteiger partial charge on any atom is -0.306 e. The Hall–Kier alpha value is -1.45. The van der Waals surface area contributed by atoms with Crippen molar-refractivity contribution in [2.45, 2.75) is 19.9 Å². The molecule has 4 heteroatoms. The maximum absolute atomic E-state index is 14.0. The van der Waals surface area contributed by atoms with Gasteiger partial charge in [-0.1, -0.05) is 36.7 Å². The number of benzene rings is 2. The Kier molecular flexibility index (Phi) is 4.73. The van der Waals surface area contributed by atoms with Crippen molar-refractivity contribution in [3.63, 3.8) is 0 Å². The normalized spacial score (nSPS) is 12.4. The van der Waals surface area contributed by atoms with Gasteiger partial charge in [0.05, 0.1) is 6.04 Å². The predicted molar refractivity (Wildman–Crippen MR) is 78.1 cm³/mol. The van der Waals surface area contributed by atoms with E-state index in [1.54, 1.807) is 12.1 Å². The van der Waals surface area contributed by atoms with Gasteiger partial charge in [-0.15, -0.1) is 0 Å². The fraction of sp³-hybridized carbons (Fsp3) is 0.250. The molecule has 0 fully saturated rings. The van der Waals surface area contributed by atoms with Crippen LogP contribution in [-0.2, 0) is 0 Å². The molecule has 2 aromatic rings. The predicted octanol–water partition coefficient (Wildman–Crippen LogP) is 4.63. The highest BCUT2D eigenvalue weighted by Crippen LogP contribution is 2.31. The monoisotopic (exact) mass is 295 g/mol. The third-order valence-corrected chi connectivity index (χ3v) is 3.73. The molecular weight excluding hydrogens is 280 g/mol. The summed E-state index contributed by atoms with van der Waals surface area (Å²) >= 11 is 6.11. The maximum atomic E-state index is 14.0. The van der Waals surface area contributed by atoms with E-state index in [2.05, 4.69) is 5.32 Å². The lowest BCUT2D eigenvalue weighted by molar-refractivity contribution is 0.509. The minimum atomic E-state index is -0.560. The van der Waals surface area contributed by atoms with Crippen LogP contribution in [0.1, 0.15) is 29.7 Å². The van der Waals surface area contributed by atoms with Crippen molar-refractivity contribution in [3.8, 4) is 0 Å². The van der Waals surface area contributed by atoms with Crippen LogP contribution in [0.5, 0.6) is 0 Å². The van der Waals surface area contributed by atoms with E-state index in [0.29, 0.717) is 11.6 Å². The summed E-state index contributed by atoms with van der Waals surface area (Å²) in [6.07, 6.45) is 0. The molecule has 0 aromatic heterocycles. The summed E-state index contributed by atoms with van der Waals surface area (Å²) in [4.78, 5) is 0. The van der Waals surface area contributed by atoms with Crippen molar-refractivity contribution < 1.29 is 8.78 Å². The van der Waals surface area contributed by atoms with E-state index >= 15 is 0 Å². The van der Waals surface area contributed by atoms with Gasteiger partial charge in [-0.05, 0) is 42.8 Å². The van der Waals surface area contributed by atoms with Crippen LogP contribution in [0.4, 0.5) is 8.78 Å². The molecule has 1 unspecified atom stereocenters. The molecular formula is C16H16ClF2N. The molecule has 1 atom stereocenters. The van der Waals surface area contributed by atoms with Gasteiger partial charge in [0.1, 0.15) is 11.6 Å². The molecule has 0 amide bonds. The van der Waals surface area contributed by atoms with E-state index in [4.69, 9.17) is 11.6 Å². The zero-order valence-corrected chi connectivity index (χ0v) is 12.1. The van der Waals surface area contributed by atoms with Gasteiger partial charge in [-0.25, -0.2) is 8.78 Å². The zero-order valence-electron chi connectivity index (χ0n) is 11.4. The van der Waals surface area contributed by atoms with Gasteiger partial charge >= 0.3 is 0 Å². The smallest absolute Gasteiger partial charge is 0.131 e. The Balaban J connectivity index is 2.60. The molecule has 0 aliphatic heterocycles. The Morgan fingerprint density at radius 3 is 2.30 bits per heavy atom. The van der Waals surface area contributed by atoms with E-state index in [1.807, 2.05) is 19.9 Å². The summed E-state index contributed by atoms with van der Waals surface area (Å²) in [7, 11) is 0. The molecule has 2 aromatic carbocycles. The number of rotatable bonds is 4.